The van der Waals surface area contributed by atoms with E-state index < -0.39 is 0 Å². The average molecular weight is 476 g/mol. The van der Waals surface area contributed by atoms with Crippen LogP contribution in [-0.2, 0) is 35.3 Å². The zero-order chi connectivity index (χ0) is 24.5. The Kier molecular flexibility index (Phi) is 9.15. The van der Waals surface area contributed by atoms with E-state index in [1.807, 2.05) is 24.3 Å². The maximum atomic E-state index is 11.1. The number of rotatable bonds is 11. The van der Waals surface area contributed by atoms with Crippen molar-refractivity contribution in [1.82, 2.24) is 4.98 Å². The first kappa shape index (κ1) is 25.2. The summed E-state index contributed by atoms with van der Waals surface area (Å²) in [5.74, 6) is 0.636. The molecule has 0 aliphatic carbocycles. The van der Waals surface area contributed by atoms with E-state index >= 15 is 0 Å². The van der Waals surface area contributed by atoms with Crippen LogP contribution in [0, 0.1) is 0 Å². The quantitative estimate of drug-likeness (QED) is 0.353. The van der Waals surface area contributed by atoms with Gasteiger partial charge in [-0.1, -0.05) is 61.9 Å². The molecule has 1 aromatic heterocycles. The Bertz CT molecular complexity index is 1060. The van der Waals surface area contributed by atoms with Crippen molar-refractivity contribution in [2.45, 2.75) is 64.6 Å². The standard InChI is InChI=1S/C30H37NO4/c1-3-6-22-8-10-23(11-9-22)14-17-27-30(25-15-12-24(13-16-25)20-33-2)28(32)19-29(31-27)35-21-26-7-4-5-18-34-26/h8-13,15-16,19,26H,3-7,14,17-18,20-21H2,1-2H3,(H,31,32). The lowest BCUT2D eigenvalue weighted by Gasteiger charge is -2.22. The van der Waals surface area contributed by atoms with Crippen LogP contribution in [0.2, 0.25) is 0 Å². The zero-order valence-electron chi connectivity index (χ0n) is 21.0. The van der Waals surface area contributed by atoms with Crippen LogP contribution in [0.25, 0.3) is 11.1 Å². The molecule has 5 heteroatoms. The Labute approximate surface area is 209 Å². The molecule has 1 atom stereocenters. The summed E-state index contributed by atoms with van der Waals surface area (Å²) in [5, 5.41) is 11.1. The van der Waals surface area contributed by atoms with Gasteiger partial charge in [0.1, 0.15) is 12.4 Å². The van der Waals surface area contributed by atoms with E-state index in [4.69, 9.17) is 19.2 Å². The van der Waals surface area contributed by atoms with Gasteiger partial charge in [-0.25, -0.2) is 4.98 Å². The third-order valence-electron chi connectivity index (χ3n) is 6.51. The molecular formula is C30H37NO4. The molecule has 1 fully saturated rings. The minimum Gasteiger partial charge on any atom is -0.507 e. The summed E-state index contributed by atoms with van der Waals surface area (Å²) in [6.45, 7) is 4.00. The maximum absolute atomic E-state index is 11.1. The van der Waals surface area contributed by atoms with Crippen molar-refractivity contribution in [1.29, 1.82) is 0 Å². The smallest absolute Gasteiger partial charge is 0.217 e. The van der Waals surface area contributed by atoms with E-state index in [9.17, 15) is 5.11 Å². The second kappa shape index (κ2) is 12.7. The van der Waals surface area contributed by atoms with Gasteiger partial charge in [0.25, 0.3) is 0 Å². The number of aryl methyl sites for hydroxylation is 3. The number of nitrogens with zero attached hydrogens (tertiary/aromatic N) is 1. The molecule has 2 aromatic carbocycles. The Hall–Kier alpha value is -2.89. The fraction of sp³-hybridized carbons (Fsp3) is 0.433. The average Bonchev–Trinajstić information content (AvgIpc) is 2.88. The van der Waals surface area contributed by atoms with Crippen molar-refractivity contribution in [3.05, 3.63) is 77.0 Å². The predicted octanol–water partition coefficient (Wildman–Crippen LogP) is 6.29. The van der Waals surface area contributed by atoms with Crippen LogP contribution in [0.15, 0.2) is 54.6 Å². The summed E-state index contributed by atoms with van der Waals surface area (Å²) in [6.07, 6.45) is 7.14. The van der Waals surface area contributed by atoms with Gasteiger partial charge in [-0.3, -0.25) is 0 Å². The minimum atomic E-state index is 0.0887. The van der Waals surface area contributed by atoms with Crippen molar-refractivity contribution >= 4 is 0 Å². The predicted molar refractivity (Wildman–Crippen MR) is 139 cm³/mol. The van der Waals surface area contributed by atoms with Crippen LogP contribution in [-0.4, -0.2) is 36.5 Å². The van der Waals surface area contributed by atoms with E-state index in [2.05, 4.69) is 31.2 Å². The summed E-state index contributed by atoms with van der Waals surface area (Å²) >= 11 is 0. The Morgan fingerprint density at radius 1 is 0.943 bits per heavy atom. The molecule has 1 aliphatic heterocycles. The molecule has 1 saturated heterocycles. The van der Waals surface area contributed by atoms with Gasteiger partial charge in [-0.2, -0.15) is 0 Å². The maximum Gasteiger partial charge on any atom is 0.217 e. The van der Waals surface area contributed by atoms with Gasteiger partial charge < -0.3 is 19.3 Å². The lowest BCUT2D eigenvalue weighted by Crippen LogP contribution is -2.26. The topological polar surface area (TPSA) is 60.8 Å². The lowest BCUT2D eigenvalue weighted by atomic mass is 9.97. The Morgan fingerprint density at radius 2 is 1.66 bits per heavy atom. The van der Waals surface area contributed by atoms with E-state index in [-0.39, 0.29) is 11.9 Å². The molecule has 4 rings (SSSR count). The van der Waals surface area contributed by atoms with Crippen LogP contribution in [0.1, 0.15) is 55.0 Å². The third-order valence-corrected chi connectivity index (χ3v) is 6.51. The fourth-order valence-corrected chi connectivity index (χ4v) is 4.60. The zero-order valence-corrected chi connectivity index (χ0v) is 21.0. The highest BCUT2D eigenvalue weighted by atomic mass is 16.5. The van der Waals surface area contributed by atoms with Gasteiger partial charge in [-0.05, 0) is 60.8 Å². The molecule has 1 N–H and O–H groups in total. The summed E-state index contributed by atoms with van der Waals surface area (Å²) < 4.78 is 17.0. The fourth-order valence-electron chi connectivity index (χ4n) is 4.60. The summed E-state index contributed by atoms with van der Waals surface area (Å²) in [5.41, 5.74) is 6.24. The van der Waals surface area contributed by atoms with E-state index in [0.29, 0.717) is 25.5 Å². The first-order valence-electron chi connectivity index (χ1n) is 12.8. The van der Waals surface area contributed by atoms with Gasteiger partial charge in [0.15, 0.2) is 0 Å². The molecule has 1 aliphatic rings. The minimum absolute atomic E-state index is 0.0887. The molecule has 0 spiro atoms. The number of methoxy groups -OCH3 is 1. The molecule has 2 heterocycles. The van der Waals surface area contributed by atoms with Crippen molar-refractivity contribution in [2.75, 3.05) is 20.3 Å². The largest absolute Gasteiger partial charge is 0.507 e. The van der Waals surface area contributed by atoms with E-state index in [0.717, 1.165) is 67.5 Å². The molecule has 35 heavy (non-hydrogen) atoms. The van der Waals surface area contributed by atoms with Crippen LogP contribution in [0.3, 0.4) is 0 Å². The van der Waals surface area contributed by atoms with Crippen LogP contribution in [0.4, 0.5) is 0 Å². The highest BCUT2D eigenvalue weighted by Crippen LogP contribution is 2.35. The molecular weight excluding hydrogens is 438 g/mol. The Balaban J connectivity index is 1.56. The number of ether oxygens (including phenoxy) is 3. The number of aromatic nitrogens is 1. The third kappa shape index (κ3) is 7.06. The van der Waals surface area contributed by atoms with Crippen molar-refractivity contribution in [3.63, 3.8) is 0 Å². The second-order valence-electron chi connectivity index (χ2n) is 9.30. The monoisotopic (exact) mass is 475 g/mol. The molecule has 0 saturated carbocycles. The van der Waals surface area contributed by atoms with Crippen molar-refractivity contribution in [2.24, 2.45) is 0 Å². The van der Waals surface area contributed by atoms with Gasteiger partial charge in [0.05, 0.1) is 18.4 Å². The molecule has 0 amide bonds. The number of benzene rings is 2. The van der Waals surface area contributed by atoms with Crippen LogP contribution >= 0.6 is 0 Å². The second-order valence-corrected chi connectivity index (χ2v) is 9.30. The van der Waals surface area contributed by atoms with Crippen LogP contribution in [0.5, 0.6) is 11.6 Å². The number of hydrogen-bond donors (Lipinski definition) is 1. The molecule has 3 aromatic rings. The first-order chi connectivity index (χ1) is 17.2. The molecule has 0 bridgehead atoms. The summed E-state index contributed by atoms with van der Waals surface area (Å²) in [6, 6.07) is 18.5. The van der Waals surface area contributed by atoms with Gasteiger partial charge in [0.2, 0.25) is 5.88 Å². The molecule has 186 valence electrons. The van der Waals surface area contributed by atoms with Crippen molar-refractivity contribution in [3.8, 4) is 22.8 Å². The van der Waals surface area contributed by atoms with Gasteiger partial charge in [0, 0.05) is 25.3 Å². The lowest BCUT2D eigenvalue weighted by molar-refractivity contribution is -0.0120. The molecule has 5 nitrogen and oxygen atoms in total. The summed E-state index contributed by atoms with van der Waals surface area (Å²) in [7, 11) is 1.69. The van der Waals surface area contributed by atoms with E-state index in [1.165, 1.54) is 11.1 Å². The first-order valence-corrected chi connectivity index (χ1v) is 12.8. The van der Waals surface area contributed by atoms with Gasteiger partial charge in [-0.15, -0.1) is 0 Å². The normalized spacial score (nSPS) is 15.8. The van der Waals surface area contributed by atoms with Crippen LogP contribution < -0.4 is 4.74 Å². The SMILES string of the molecule is CCCc1ccc(CCc2nc(OCC3CCCCO3)cc(O)c2-c2ccc(COC)cc2)cc1. The van der Waals surface area contributed by atoms with E-state index in [1.54, 1.807) is 13.2 Å². The number of aromatic hydroxyl groups is 1. The highest BCUT2D eigenvalue weighted by Gasteiger charge is 2.18. The number of hydrogen-bond acceptors (Lipinski definition) is 5. The highest BCUT2D eigenvalue weighted by molar-refractivity contribution is 5.73. The molecule has 1 unspecified atom stereocenters. The number of pyridine rings is 1. The Morgan fingerprint density at radius 3 is 2.31 bits per heavy atom. The van der Waals surface area contributed by atoms with Gasteiger partial charge >= 0.3 is 0 Å². The van der Waals surface area contributed by atoms with Crippen molar-refractivity contribution < 1.29 is 19.3 Å². The molecule has 0 radical (unpaired) electrons. The summed E-state index contributed by atoms with van der Waals surface area (Å²) in [4.78, 5) is 4.85.